The zero-order chi connectivity index (χ0) is 28.4. The Morgan fingerprint density at radius 3 is 2.79 bits per heavy atom. The number of benzene rings is 2. The van der Waals surface area contributed by atoms with Crippen molar-refractivity contribution in [2.75, 3.05) is 31.2 Å². The summed E-state index contributed by atoms with van der Waals surface area (Å²) in [7, 11) is 0. The fourth-order valence-corrected chi connectivity index (χ4v) is 7.07. The first-order chi connectivity index (χ1) is 20.5. The van der Waals surface area contributed by atoms with Crippen molar-refractivity contribution in [1.82, 2.24) is 25.1 Å². The molecular formula is C31H34N6O5. The van der Waals surface area contributed by atoms with Gasteiger partial charge in [0.15, 0.2) is 0 Å². The van der Waals surface area contributed by atoms with E-state index >= 15 is 0 Å². The Morgan fingerprint density at radius 1 is 1.07 bits per heavy atom. The van der Waals surface area contributed by atoms with Gasteiger partial charge < -0.3 is 19.3 Å². The number of nitrogens with one attached hydrogen (secondary N) is 1. The van der Waals surface area contributed by atoms with E-state index in [1.807, 2.05) is 18.3 Å². The minimum atomic E-state index is -0.616. The molecule has 5 aliphatic heterocycles. The Kier molecular flexibility index (Phi) is 6.11. The van der Waals surface area contributed by atoms with Crippen molar-refractivity contribution in [3.8, 4) is 5.75 Å². The summed E-state index contributed by atoms with van der Waals surface area (Å²) >= 11 is 0. The topological polar surface area (TPSA) is 117 Å². The summed E-state index contributed by atoms with van der Waals surface area (Å²) in [4.78, 5) is 52.6. The Balaban J connectivity index is 0.00000300. The molecule has 11 heteroatoms. The highest BCUT2D eigenvalue weighted by Gasteiger charge is 2.44. The van der Waals surface area contributed by atoms with Crippen LogP contribution in [0.4, 0.5) is 5.95 Å². The van der Waals surface area contributed by atoms with Crippen molar-refractivity contribution in [1.29, 1.82) is 0 Å². The molecule has 1 N–H and O–H groups in total. The lowest BCUT2D eigenvalue weighted by atomic mass is 9.92. The average Bonchev–Trinajstić information content (AvgIpc) is 3.56. The van der Waals surface area contributed by atoms with E-state index in [1.54, 1.807) is 11.0 Å². The Hall–Kier alpha value is -4.09. The van der Waals surface area contributed by atoms with Gasteiger partial charge in [0.1, 0.15) is 17.9 Å². The number of fused-ring (bicyclic) bond motifs is 4. The predicted octanol–water partition coefficient (Wildman–Crippen LogP) is 2.27. The molecule has 4 fully saturated rings. The van der Waals surface area contributed by atoms with Crippen LogP contribution in [0.15, 0.2) is 42.6 Å². The molecule has 5 aliphatic rings. The van der Waals surface area contributed by atoms with Gasteiger partial charge in [0.2, 0.25) is 17.8 Å². The van der Waals surface area contributed by atoms with Crippen LogP contribution in [0, 0.1) is 0 Å². The molecule has 2 aromatic carbocycles. The van der Waals surface area contributed by atoms with Crippen LogP contribution < -0.4 is 15.0 Å². The number of aromatic nitrogens is 2. The summed E-state index contributed by atoms with van der Waals surface area (Å²) < 4.78 is 11.9. The molecule has 42 heavy (non-hydrogen) atoms. The van der Waals surface area contributed by atoms with Crippen molar-refractivity contribution in [2.45, 2.75) is 63.0 Å². The van der Waals surface area contributed by atoms with E-state index in [-0.39, 0.29) is 25.8 Å². The van der Waals surface area contributed by atoms with Crippen LogP contribution in [-0.4, -0.2) is 88.0 Å². The van der Waals surface area contributed by atoms with E-state index in [0.29, 0.717) is 30.6 Å². The number of hydrogen-bond acceptors (Lipinski definition) is 9. The highest BCUT2D eigenvalue weighted by atomic mass is 16.5. The van der Waals surface area contributed by atoms with Gasteiger partial charge in [-0.3, -0.25) is 24.6 Å². The highest BCUT2D eigenvalue weighted by Crippen LogP contribution is 2.35. The van der Waals surface area contributed by atoms with E-state index < -0.39 is 11.9 Å². The maximum atomic E-state index is 13.0. The number of likely N-dealkylation sites (tertiary alicyclic amines) is 1. The van der Waals surface area contributed by atoms with Gasteiger partial charge in [0, 0.05) is 51.2 Å². The van der Waals surface area contributed by atoms with Gasteiger partial charge in [-0.15, -0.1) is 0 Å². The first-order valence-electron chi connectivity index (χ1n) is 14.8. The summed E-state index contributed by atoms with van der Waals surface area (Å²) in [6.45, 7) is 4.43. The van der Waals surface area contributed by atoms with Gasteiger partial charge in [-0.05, 0) is 60.7 Å². The highest BCUT2D eigenvalue weighted by molar-refractivity contribution is 6.05. The summed E-state index contributed by atoms with van der Waals surface area (Å²) in [6.07, 6.45) is 4.67. The molecule has 11 nitrogen and oxygen atoms in total. The van der Waals surface area contributed by atoms with Crippen molar-refractivity contribution in [2.24, 2.45) is 0 Å². The maximum absolute atomic E-state index is 13.0. The molecule has 218 valence electrons. The minimum absolute atomic E-state index is 0. The van der Waals surface area contributed by atoms with Gasteiger partial charge in [0.05, 0.1) is 30.8 Å². The fraction of sp³-hybridized carbons (Fsp3) is 0.452. The van der Waals surface area contributed by atoms with Gasteiger partial charge in [0.25, 0.3) is 5.91 Å². The van der Waals surface area contributed by atoms with E-state index in [4.69, 9.17) is 14.5 Å². The Bertz CT molecular complexity index is 1600. The second kappa shape index (κ2) is 10.0. The summed E-state index contributed by atoms with van der Waals surface area (Å²) in [5.41, 5.74) is 3.63. The second-order valence-corrected chi connectivity index (χ2v) is 12.0. The SMILES string of the molecule is O=C1CCC(N2Cc3cc(O[C@H]4CCN(Cc5ccc6nc(N7[C@@H]8COC[C@H]7C8)ncc6c5)C4)ccc3C2=O)C(=O)N1.[HH]. The number of carbonyl (C=O) groups excluding carboxylic acids is 3. The van der Waals surface area contributed by atoms with Crippen LogP contribution in [0.1, 0.15) is 48.6 Å². The smallest absolute Gasteiger partial charge is 0.255 e. The van der Waals surface area contributed by atoms with Gasteiger partial charge in [-0.25, -0.2) is 9.97 Å². The molecule has 3 aromatic rings. The van der Waals surface area contributed by atoms with E-state index in [1.165, 1.54) is 5.56 Å². The zero-order valence-electron chi connectivity index (χ0n) is 23.2. The number of hydrogen-bond donors (Lipinski definition) is 1. The predicted molar refractivity (Wildman–Crippen MR) is 154 cm³/mol. The molecule has 0 saturated carbocycles. The monoisotopic (exact) mass is 570 g/mol. The van der Waals surface area contributed by atoms with Crippen molar-refractivity contribution in [3.63, 3.8) is 0 Å². The van der Waals surface area contributed by atoms with Gasteiger partial charge in [-0.1, -0.05) is 6.07 Å². The lowest BCUT2D eigenvalue weighted by molar-refractivity contribution is -0.136. The average molecular weight is 571 g/mol. The number of ether oxygens (including phenoxy) is 2. The lowest BCUT2D eigenvalue weighted by Crippen LogP contribution is -2.64. The standard InChI is InChI=1S/C31H32N6O5.H2/c38-28-6-5-27(29(39)34-28)36-14-20-10-23(2-3-25(20)30(36)40)42-24-7-8-35(15-24)13-18-1-4-26-19(9-18)12-32-31(33-26)37-21-11-22(37)17-41-16-21;/h1-4,9-10,12,21-22,24,27H,5-8,11,13-17H2,(H,34,38,39);1H/t21-,22+,24-,27?;/m0./s1. The normalized spacial score (nSPS) is 27.3. The molecule has 0 spiro atoms. The molecule has 1 aromatic heterocycles. The fourth-order valence-electron chi connectivity index (χ4n) is 7.07. The van der Waals surface area contributed by atoms with E-state index in [2.05, 4.69) is 38.3 Å². The Morgan fingerprint density at radius 2 is 1.95 bits per heavy atom. The molecule has 0 aliphatic carbocycles. The number of anilines is 1. The van der Waals surface area contributed by atoms with Crippen molar-refractivity contribution >= 4 is 34.6 Å². The number of amides is 3. The van der Waals surface area contributed by atoms with Crippen molar-refractivity contribution < 1.29 is 25.3 Å². The van der Waals surface area contributed by atoms with Gasteiger partial charge >= 0.3 is 0 Å². The number of rotatable bonds is 6. The molecule has 2 bridgehead atoms. The summed E-state index contributed by atoms with van der Waals surface area (Å²) in [5.74, 6) is 0.676. The van der Waals surface area contributed by atoms with Gasteiger partial charge in [-0.2, -0.15) is 0 Å². The lowest BCUT2D eigenvalue weighted by Gasteiger charge is -2.52. The third-order valence-corrected chi connectivity index (χ3v) is 9.25. The zero-order valence-corrected chi connectivity index (χ0v) is 23.2. The molecule has 1 unspecified atom stereocenters. The number of imide groups is 1. The van der Waals surface area contributed by atoms with Crippen LogP contribution in [-0.2, 0) is 27.4 Å². The molecule has 3 amide bonds. The van der Waals surface area contributed by atoms with E-state index in [9.17, 15) is 14.4 Å². The first-order valence-corrected chi connectivity index (χ1v) is 14.8. The maximum Gasteiger partial charge on any atom is 0.255 e. The number of piperidine rings is 1. The van der Waals surface area contributed by atoms with Crippen LogP contribution >= 0.6 is 0 Å². The molecular weight excluding hydrogens is 536 g/mol. The molecule has 8 rings (SSSR count). The molecule has 4 saturated heterocycles. The van der Waals surface area contributed by atoms with Crippen LogP contribution in [0.2, 0.25) is 0 Å². The number of carbonyl (C=O) groups is 3. The van der Waals surface area contributed by atoms with Crippen LogP contribution in [0.25, 0.3) is 10.9 Å². The first kappa shape index (κ1) is 25.6. The number of morpholine rings is 1. The van der Waals surface area contributed by atoms with Crippen molar-refractivity contribution in [3.05, 3.63) is 59.3 Å². The third-order valence-electron chi connectivity index (χ3n) is 9.25. The summed E-state index contributed by atoms with van der Waals surface area (Å²) in [6, 6.07) is 12.2. The van der Waals surface area contributed by atoms with Crippen LogP contribution in [0.3, 0.4) is 0 Å². The van der Waals surface area contributed by atoms with Crippen LogP contribution in [0.5, 0.6) is 5.75 Å². The van der Waals surface area contributed by atoms with E-state index in [0.717, 1.165) is 73.9 Å². The Labute approximate surface area is 244 Å². The molecule has 6 heterocycles. The molecule has 4 atom stereocenters. The summed E-state index contributed by atoms with van der Waals surface area (Å²) in [5, 5.41) is 3.39. The minimum Gasteiger partial charge on any atom is -0.489 e. The third kappa shape index (κ3) is 4.47. The largest absolute Gasteiger partial charge is 0.489 e. The quantitative estimate of drug-likeness (QED) is 0.446. The second-order valence-electron chi connectivity index (χ2n) is 12.0. The number of nitrogens with zero attached hydrogens (tertiary/aromatic N) is 5. The molecule has 0 radical (unpaired) electrons.